The van der Waals surface area contributed by atoms with Gasteiger partial charge in [-0.25, -0.2) is 0 Å². The number of anilines is 1. The van der Waals surface area contributed by atoms with Gasteiger partial charge in [-0.1, -0.05) is 26.5 Å². The quantitative estimate of drug-likeness (QED) is 0.846. The minimum absolute atomic E-state index is 0.0763. The van der Waals surface area contributed by atoms with Gasteiger partial charge in [-0.3, -0.25) is 4.55 Å². The maximum atomic E-state index is 11.2. The second kappa shape index (κ2) is 4.21. The van der Waals surface area contributed by atoms with Gasteiger partial charge in [0.1, 0.15) is 0 Å². The number of likely N-dealkylation sites (N-methyl/N-ethyl adjacent to an activating group) is 1. The van der Waals surface area contributed by atoms with Crippen molar-refractivity contribution in [3.05, 3.63) is 48.2 Å². The van der Waals surface area contributed by atoms with E-state index in [9.17, 15) is 8.42 Å². The number of fused-ring (bicyclic) bond motifs is 1. The van der Waals surface area contributed by atoms with Crippen LogP contribution in [0, 0.1) is 0 Å². The van der Waals surface area contributed by atoms with E-state index in [1.165, 1.54) is 12.1 Å². The van der Waals surface area contributed by atoms with E-state index in [1.54, 1.807) is 12.1 Å². The third-order valence-corrected chi connectivity index (χ3v) is 4.43. The lowest BCUT2D eigenvalue weighted by atomic mass is 9.84. The van der Waals surface area contributed by atoms with E-state index in [0.29, 0.717) is 0 Å². The molecule has 0 atom stereocenters. The Labute approximate surface area is 113 Å². The number of benzene rings is 1. The fraction of sp³-hybridized carbons (Fsp3) is 0.286. The lowest BCUT2D eigenvalue weighted by Crippen LogP contribution is -2.22. The predicted octanol–water partition coefficient (Wildman–Crippen LogP) is 2.73. The first kappa shape index (κ1) is 13.8. The molecule has 19 heavy (non-hydrogen) atoms. The van der Waals surface area contributed by atoms with E-state index in [2.05, 4.69) is 6.58 Å². The van der Waals surface area contributed by atoms with Crippen molar-refractivity contribution in [2.45, 2.75) is 24.2 Å². The molecule has 0 aliphatic carbocycles. The zero-order chi connectivity index (χ0) is 14.4. The standard InChI is InChI=1S/C14H17NO3S/c1-5-6-13-14(2,3)11-9-10(19(16,17)18)7-8-12(11)15(13)4/h5-9H,1H2,2-4H3,(H,16,17,18). The molecule has 0 saturated heterocycles. The SMILES string of the molecule is C=CC=C1N(C)c2ccc(S(=O)(=O)O)cc2C1(C)C. The van der Waals surface area contributed by atoms with E-state index in [-0.39, 0.29) is 10.3 Å². The van der Waals surface area contributed by atoms with Crippen molar-refractivity contribution in [3.63, 3.8) is 0 Å². The van der Waals surface area contributed by atoms with Crippen LogP contribution in [-0.4, -0.2) is 20.0 Å². The van der Waals surface area contributed by atoms with Crippen molar-refractivity contribution < 1.29 is 13.0 Å². The normalized spacial score (nSPS) is 19.6. The summed E-state index contributed by atoms with van der Waals surface area (Å²) in [7, 11) is -2.25. The Bertz CT molecular complexity index is 672. The van der Waals surface area contributed by atoms with Crippen LogP contribution < -0.4 is 4.90 Å². The lowest BCUT2D eigenvalue weighted by Gasteiger charge is -2.23. The van der Waals surface area contributed by atoms with Gasteiger partial charge >= 0.3 is 0 Å². The number of nitrogens with zero attached hydrogens (tertiary/aromatic N) is 1. The summed E-state index contributed by atoms with van der Waals surface area (Å²) in [5, 5.41) is 0. The van der Waals surface area contributed by atoms with Gasteiger partial charge in [0.15, 0.2) is 0 Å². The summed E-state index contributed by atoms with van der Waals surface area (Å²) in [6.07, 6.45) is 3.62. The molecular weight excluding hydrogens is 262 g/mol. The summed E-state index contributed by atoms with van der Waals surface area (Å²) in [5.41, 5.74) is 2.51. The zero-order valence-electron chi connectivity index (χ0n) is 11.2. The van der Waals surface area contributed by atoms with E-state index in [4.69, 9.17) is 4.55 Å². The van der Waals surface area contributed by atoms with Crippen LogP contribution >= 0.6 is 0 Å². The Kier molecular flexibility index (Phi) is 3.07. The molecule has 1 aromatic rings. The number of rotatable bonds is 2. The maximum absolute atomic E-state index is 11.2. The largest absolute Gasteiger partial charge is 0.347 e. The Morgan fingerprint density at radius 2 is 2.00 bits per heavy atom. The third kappa shape index (κ3) is 2.09. The summed E-state index contributed by atoms with van der Waals surface area (Å²) >= 11 is 0. The van der Waals surface area contributed by atoms with Gasteiger partial charge in [0, 0.05) is 23.8 Å². The smallest absolute Gasteiger partial charge is 0.294 e. The van der Waals surface area contributed by atoms with Crippen molar-refractivity contribution in [2.24, 2.45) is 0 Å². The second-order valence-corrected chi connectivity index (χ2v) is 6.55. The topological polar surface area (TPSA) is 57.6 Å². The fourth-order valence-electron chi connectivity index (χ4n) is 2.59. The number of hydrogen-bond acceptors (Lipinski definition) is 3. The molecule has 0 amide bonds. The molecule has 0 spiro atoms. The highest BCUT2D eigenvalue weighted by Crippen LogP contribution is 2.47. The van der Waals surface area contributed by atoms with E-state index < -0.39 is 10.1 Å². The van der Waals surface area contributed by atoms with Gasteiger partial charge in [0.25, 0.3) is 10.1 Å². The Hall–Kier alpha value is -1.59. The van der Waals surface area contributed by atoms with Gasteiger partial charge in [-0.2, -0.15) is 8.42 Å². The van der Waals surface area contributed by atoms with Gasteiger partial charge in [0.2, 0.25) is 0 Å². The molecular formula is C14H17NO3S. The molecule has 1 heterocycles. The molecule has 1 aliphatic heterocycles. The molecule has 1 N–H and O–H groups in total. The summed E-state index contributed by atoms with van der Waals surface area (Å²) in [6, 6.07) is 4.66. The minimum Gasteiger partial charge on any atom is -0.347 e. The maximum Gasteiger partial charge on any atom is 0.294 e. The molecule has 5 heteroatoms. The van der Waals surface area contributed by atoms with Crippen LogP contribution in [-0.2, 0) is 15.5 Å². The summed E-state index contributed by atoms with van der Waals surface area (Å²) < 4.78 is 31.6. The molecule has 102 valence electrons. The number of hydrogen-bond donors (Lipinski definition) is 1. The Morgan fingerprint density at radius 1 is 1.37 bits per heavy atom. The highest BCUT2D eigenvalue weighted by atomic mass is 32.2. The first-order chi connectivity index (χ1) is 8.69. The first-order valence-corrected chi connectivity index (χ1v) is 7.32. The van der Waals surface area contributed by atoms with Crippen LogP contribution in [0.3, 0.4) is 0 Å². The van der Waals surface area contributed by atoms with Gasteiger partial charge in [0.05, 0.1) is 4.90 Å². The highest BCUT2D eigenvalue weighted by molar-refractivity contribution is 7.85. The summed E-state index contributed by atoms with van der Waals surface area (Å²) in [6.45, 7) is 7.73. The first-order valence-electron chi connectivity index (χ1n) is 5.88. The van der Waals surface area contributed by atoms with E-state index >= 15 is 0 Å². The zero-order valence-corrected chi connectivity index (χ0v) is 12.0. The monoisotopic (exact) mass is 279 g/mol. The van der Waals surface area contributed by atoms with Crippen molar-refractivity contribution >= 4 is 15.8 Å². The van der Waals surface area contributed by atoms with Gasteiger partial charge < -0.3 is 4.90 Å². The number of allylic oxidation sites excluding steroid dienone is 3. The molecule has 1 aliphatic rings. The van der Waals surface area contributed by atoms with Crippen LogP contribution in [0.15, 0.2) is 47.5 Å². The van der Waals surface area contributed by atoms with Crippen LogP contribution in [0.1, 0.15) is 19.4 Å². The van der Waals surface area contributed by atoms with Crippen molar-refractivity contribution in [2.75, 3.05) is 11.9 Å². The molecule has 0 fully saturated rings. The molecule has 0 unspecified atom stereocenters. The third-order valence-electron chi connectivity index (χ3n) is 3.58. The minimum atomic E-state index is -4.18. The lowest BCUT2D eigenvalue weighted by molar-refractivity contribution is 0.483. The van der Waals surface area contributed by atoms with Gasteiger partial charge in [-0.05, 0) is 29.8 Å². The summed E-state index contributed by atoms with van der Waals surface area (Å²) in [5.74, 6) is 0. The van der Waals surface area contributed by atoms with E-state index in [0.717, 1.165) is 16.9 Å². The fourth-order valence-corrected chi connectivity index (χ4v) is 3.09. The second-order valence-electron chi connectivity index (χ2n) is 5.13. The molecule has 2 rings (SSSR count). The van der Waals surface area contributed by atoms with Crippen LogP contribution in [0.4, 0.5) is 5.69 Å². The summed E-state index contributed by atoms with van der Waals surface area (Å²) in [4.78, 5) is 1.93. The predicted molar refractivity (Wildman–Crippen MR) is 76.0 cm³/mol. The molecule has 0 bridgehead atoms. The van der Waals surface area contributed by atoms with Crippen molar-refractivity contribution in [3.8, 4) is 0 Å². The van der Waals surface area contributed by atoms with Crippen molar-refractivity contribution in [1.29, 1.82) is 0 Å². The Balaban J connectivity index is 2.70. The van der Waals surface area contributed by atoms with Crippen LogP contribution in [0.25, 0.3) is 0 Å². The molecule has 0 aromatic heterocycles. The Morgan fingerprint density at radius 3 is 2.53 bits per heavy atom. The average molecular weight is 279 g/mol. The van der Waals surface area contributed by atoms with Crippen LogP contribution in [0.5, 0.6) is 0 Å². The molecule has 4 nitrogen and oxygen atoms in total. The van der Waals surface area contributed by atoms with Crippen LogP contribution in [0.2, 0.25) is 0 Å². The van der Waals surface area contributed by atoms with E-state index in [1.807, 2.05) is 31.9 Å². The molecule has 1 aromatic carbocycles. The van der Waals surface area contributed by atoms with Gasteiger partial charge in [-0.15, -0.1) is 0 Å². The molecule has 0 saturated carbocycles. The van der Waals surface area contributed by atoms with Crippen molar-refractivity contribution in [1.82, 2.24) is 0 Å². The highest BCUT2D eigenvalue weighted by Gasteiger charge is 2.38. The average Bonchev–Trinajstić information content (AvgIpc) is 2.50. The molecule has 0 radical (unpaired) electrons.